The number of aliphatic imine (C=N–C) groups is 1. The average molecular weight is 1440 g/mol. The van der Waals surface area contributed by atoms with Crippen molar-refractivity contribution in [2.75, 3.05) is 90.8 Å². The van der Waals surface area contributed by atoms with Crippen LogP contribution < -0.4 is 54.8 Å². The molecule has 0 saturated carbocycles. The quantitative estimate of drug-likeness (QED) is 0.0173. The van der Waals surface area contributed by atoms with Gasteiger partial charge in [-0.3, -0.25) is 77.2 Å². The van der Waals surface area contributed by atoms with E-state index in [1.807, 2.05) is 0 Å². The summed E-state index contributed by atoms with van der Waals surface area (Å²) in [5.74, 6) is -14.0. The molecule has 2 saturated heterocycles. The lowest BCUT2D eigenvalue weighted by Crippen LogP contribution is -2.60. The van der Waals surface area contributed by atoms with E-state index in [1.165, 1.54) is 56.1 Å². The summed E-state index contributed by atoms with van der Waals surface area (Å²) in [6, 6.07) is -3.27. The molecule has 1 aromatic carbocycles. The molecule has 0 radical (unpaired) electrons. The fourth-order valence-electron chi connectivity index (χ4n) is 11.9. The number of nitrogens with one attached hydrogen (secondary N) is 6. The monoisotopic (exact) mass is 1440 g/mol. The first-order chi connectivity index (χ1) is 48.3. The number of amides is 8. The van der Waals surface area contributed by atoms with Crippen molar-refractivity contribution in [1.29, 1.82) is 0 Å². The van der Waals surface area contributed by atoms with Crippen molar-refractivity contribution in [2.45, 2.75) is 166 Å². The maximum absolute atomic E-state index is 15.1. The molecular formula is C65H102N18O19. The molecule has 37 nitrogen and oxygen atoms in total. The summed E-state index contributed by atoms with van der Waals surface area (Å²) >= 11 is 0. The van der Waals surface area contributed by atoms with Crippen LogP contribution in [0.4, 0.5) is 5.95 Å². The van der Waals surface area contributed by atoms with Gasteiger partial charge < -0.3 is 95.3 Å². The number of anilines is 1. The third kappa shape index (κ3) is 29.7. The lowest BCUT2D eigenvalue weighted by atomic mass is 9.96. The standard InChI is InChI=1S/C65H102N18O19/c1-5-39(4)55(60(98)77-47(63(101)102)31-38(2)3)78-57(95)46(32-40-15-18-42(84)19-16-40)76-59(97)49-14-10-26-83(49)62(100)45(12-8-23-70-64(67)68)75-56(94)43(20-17-41-21-24-71-65(69)72-41)74-58(96)48-13-9-25-82(48)61(99)44(11-6-7-22-66)73-50(85)33-80(35-52(88)89)29-27-79(34-51(86)87)28-30-81(36-53(90)91)37-54(92)93/h15-16,18-19,21,24,38-39,43-49,55,84H,5-14,17,20,22-23,25-37,66H2,1-4H3,(H,73,85)(H,74,96)(H,75,94)(H,76,97)(H,77,98)(H,78,95)(H,86,87)(H,88,89)(H,90,91)(H,92,93)(H,101,102)(H4,67,68,70)(H2,69,71,72)/t39-,43-,44+,45-,46-,47-,48-,49-,55-/m0/s1. The van der Waals surface area contributed by atoms with Crippen LogP contribution in [-0.4, -0.2) is 282 Å². The molecule has 8 amide bonds. The summed E-state index contributed by atoms with van der Waals surface area (Å²) in [6.07, 6.45) is 2.98. The van der Waals surface area contributed by atoms with Gasteiger partial charge in [0.2, 0.25) is 53.2 Å². The number of aromatic nitrogens is 2. The van der Waals surface area contributed by atoms with Crippen LogP contribution in [0.1, 0.15) is 116 Å². The largest absolute Gasteiger partial charge is 0.508 e. The van der Waals surface area contributed by atoms with Crippen LogP contribution in [0.5, 0.6) is 5.75 Å². The molecule has 3 heterocycles. The van der Waals surface area contributed by atoms with Gasteiger partial charge in [0.1, 0.15) is 54.1 Å². The van der Waals surface area contributed by atoms with Crippen LogP contribution in [-0.2, 0) is 75.2 Å². The van der Waals surface area contributed by atoms with Crippen LogP contribution in [0.15, 0.2) is 41.5 Å². The molecule has 2 aliphatic heterocycles. The van der Waals surface area contributed by atoms with Crippen LogP contribution in [0.25, 0.3) is 0 Å². The maximum atomic E-state index is 15.1. The third-order valence-electron chi connectivity index (χ3n) is 17.3. The van der Waals surface area contributed by atoms with Crippen molar-refractivity contribution in [1.82, 2.24) is 66.4 Å². The van der Waals surface area contributed by atoms with E-state index in [4.69, 9.17) is 22.9 Å². The third-order valence-corrected chi connectivity index (χ3v) is 17.3. The number of carbonyl (C=O) groups is 13. The normalized spacial score (nSPS) is 16.4. The molecule has 9 atom stereocenters. The van der Waals surface area contributed by atoms with Crippen molar-refractivity contribution in [3.8, 4) is 5.75 Å². The lowest BCUT2D eigenvalue weighted by Gasteiger charge is -2.32. The highest BCUT2D eigenvalue weighted by atomic mass is 16.4. The lowest BCUT2D eigenvalue weighted by molar-refractivity contribution is -0.144. The Labute approximate surface area is 590 Å². The van der Waals surface area contributed by atoms with Gasteiger partial charge in [-0.2, -0.15) is 0 Å². The number of phenols is 1. The first-order valence-corrected chi connectivity index (χ1v) is 34.1. The number of phenolic OH excluding ortho intramolecular Hbond substituents is 1. The number of benzene rings is 1. The number of rotatable bonds is 47. The van der Waals surface area contributed by atoms with E-state index in [0.717, 1.165) is 4.90 Å². The van der Waals surface area contributed by atoms with E-state index in [0.29, 0.717) is 30.5 Å². The highest BCUT2D eigenvalue weighted by Gasteiger charge is 2.43. The number of hydrogen-bond acceptors (Lipinski definition) is 22. The summed E-state index contributed by atoms with van der Waals surface area (Å²) in [5, 5.41) is 74.3. The number of aryl methyl sites for hydroxylation is 1. The SMILES string of the molecule is CC[C@H](C)[C@H](NC(=O)[C@H](Cc1ccc(O)cc1)NC(=O)[C@@H]1CCCN1C(=O)[C@H](CCCN=C(N)N)NC(=O)[C@H](CCc1ccnc(N)n1)NC(=O)[C@@H]1CCCN1C(=O)[C@@H](CCCCN)NC(=O)CN(CCN(CCN(CC(=O)O)CC(=O)O)CC(=O)O)CC(=O)O)C(=O)N[C@@H](CC(C)C)C(=O)O. The zero-order valence-electron chi connectivity index (χ0n) is 58.2. The Morgan fingerprint density at radius 1 is 0.598 bits per heavy atom. The smallest absolute Gasteiger partial charge is 0.326 e. The minimum absolute atomic E-state index is 0.00243. The van der Waals surface area contributed by atoms with E-state index in [2.05, 4.69) is 46.9 Å². The predicted molar refractivity (Wildman–Crippen MR) is 367 cm³/mol. The summed E-state index contributed by atoms with van der Waals surface area (Å²) in [5.41, 5.74) is 23.8. The number of unbranched alkanes of at least 4 members (excludes halogenated alkanes) is 1. The zero-order chi connectivity index (χ0) is 75.8. The van der Waals surface area contributed by atoms with Crippen molar-refractivity contribution in [2.24, 2.45) is 34.0 Å². The number of aromatic hydroxyl groups is 1. The molecule has 102 heavy (non-hydrogen) atoms. The Bertz CT molecular complexity index is 3200. The van der Waals surface area contributed by atoms with Crippen molar-refractivity contribution < 1.29 is 93.0 Å². The van der Waals surface area contributed by atoms with Gasteiger partial charge in [-0.25, -0.2) is 14.8 Å². The molecule has 2 aliphatic rings. The Morgan fingerprint density at radius 2 is 1.10 bits per heavy atom. The summed E-state index contributed by atoms with van der Waals surface area (Å²) in [6.45, 7) is 3.21. The van der Waals surface area contributed by atoms with Crippen LogP contribution in [0, 0.1) is 11.8 Å². The molecular weight excluding hydrogens is 1340 g/mol. The van der Waals surface area contributed by atoms with Gasteiger partial charge in [0.15, 0.2) is 5.96 Å². The fraction of sp³-hybridized carbons (Fsp3) is 0.631. The minimum atomic E-state index is -1.47. The number of carboxylic acids is 5. The number of aliphatic carboxylic acids is 5. The first kappa shape index (κ1) is 84.5. The fourth-order valence-corrected chi connectivity index (χ4v) is 11.9. The van der Waals surface area contributed by atoms with Gasteiger partial charge >= 0.3 is 29.8 Å². The van der Waals surface area contributed by atoms with Gasteiger partial charge in [0, 0.05) is 64.1 Å². The molecule has 1 aromatic heterocycles. The average Bonchev–Trinajstić information content (AvgIpc) is 1.62. The molecule has 20 N–H and O–H groups in total. The van der Waals surface area contributed by atoms with Crippen molar-refractivity contribution >= 4 is 89.0 Å². The number of nitrogen functional groups attached to an aromatic ring is 1. The Balaban J connectivity index is 1.63. The molecule has 0 aliphatic carbocycles. The van der Waals surface area contributed by atoms with E-state index in [-0.39, 0.29) is 147 Å². The number of nitrogens with zero attached hydrogens (tertiary/aromatic N) is 8. The summed E-state index contributed by atoms with van der Waals surface area (Å²) < 4.78 is 0. The molecule has 0 spiro atoms. The number of guanidine groups is 1. The maximum Gasteiger partial charge on any atom is 0.326 e. The van der Waals surface area contributed by atoms with Crippen molar-refractivity contribution in [3.63, 3.8) is 0 Å². The Kier molecular flexibility index (Phi) is 35.7. The number of nitrogens with two attached hydrogens (primary N) is 4. The minimum Gasteiger partial charge on any atom is -0.508 e. The Morgan fingerprint density at radius 3 is 1.61 bits per heavy atom. The molecule has 4 rings (SSSR count). The molecule has 0 unspecified atom stereocenters. The van der Waals surface area contributed by atoms with Crippen molar-refractivity contribution in [3.05, 3.63) is 47.8 Å². The van der Waals surface area contributed by atoms with E-state index in [1.54, 1.807) is 27.7 Å². The van der Waals surface area contributed by atoms with Crippen LogP contribution in [0.3, 0.4) is 0 Å². The van der Waals surface area contributed by atoms with Gasteiger partial charge in [-0.15, -0.1) is 0 Å². The summed E-state index contributed by atoms with van der Waals surface area (Å²) in [4.78, 5) is 194. The van der Waals surface area contributed by atoms with Crippen LogP contribution in [0.2, 0.25) is 0 Å². The topological polar surface area (TPSA) is 574 Å². The van der Waals surface area contributed by atoms with E-state index < -0.39 is 164 Å². The second-order valence-corrected chi connectivity index (χ2v) is 25.9. The van der Waals surface area contributed by atoms with Gasteiger partial charge in [-0.05, 0) is 119 Å². The van der Waals surface area contributed by atoms with Gasteiger partial charge in [0.05, 0.1) is 32.7 Å². The second-order valence-electron chi connectivity index (χ2n) is 25.9. The first-order valence-electron chi connectivity index (χ1n) is 34.1. The summed E-state index contributed by atoms with van der Waals surface area (Å²) in [7, 11) is 0. The Hall–Kier alpha value is -9.88. The number of hydrogen-bond donors (Lipinski definition) is 16. The molecule has 2 fully saturated rings. The predicted octanol–water partition coefficient (Wildman–Crippen LogP) is -3.57. The number of likely N-dealkylation sites (tertiary alicyclic amines) is 2. The molecule has 0 bridgehead atoms. The number of carboxylic acid groups (broad SMARTS) is 5. The molecule has 2 aromatic rings. The second kappa shape index (κ2) is 43.0. The molecule has 566 valence electrons. The van der Waals surface area contributed by atoms with E-state index in [9.17, 15) is 88.2 Å². The van der Waals surface area contributed by atoms with E-state index >= 15 is 4.79 Å². The number of carbonyl (C=O) groups excluding carboxylic acids is 8. The van der Waals surface area contributed by atoms with Gasteiger partial charge in [-0.1, -0.05) is 46.2 Å². The van der Waals surface area contributed by atoms with Gasteiger partial charge in [0.25, 0.3) is 0 Å². The van der Waals surface area contributed by atoms with Crippen LogP contribution >= 0.6 is 0 Å². The highest BCUT2D eigenvalue weighted by Crippen LogP contribution is 2.24. The zero-order valence-corrected chi connectivity index (χ0v) is 58.2. The highest BCUT2D eigenvalue weighted by molar-refractivity contribution is 5.98. The molecule has 37 heteroatoms.